The number of hydrogen-bond donors (Lipinski definition) is 2. The quantitative estimate of drug-likeness (QED) is 0.429. The summed E-state index contributed by atoms with van der Waals surface area (Å²) < 4.78 is 5.21. The van der Waals surface area contributed by atoms with Gasteiger partial charge < -0.3 is 15.2 Å². The van der Waals surface area contributed by atoms with E-state index in [0.717, 1.165) is 4.90 Å². The molecule has 9 heteroatoms. The van der Waals surface area contributed by atoms with Gasteiger partial charge in [-0.2, -0.15) is 0 Å². The lowest BCUT2D eigenvalue weighted by atomic mass is 9.80. The maximum atomic E-state index is 12.3. The van der Waals surface area contributed by atoms with Crippen LogP contribution < -0.4 is 5.32 Å². The van der Waals surface area contributed by atoms with Crippen molar-refractivity contribution in [3.8, 4) is 0 Å². The van der Waals surface area contributed by atoms with Crippen molar-refractivity contribution in [2.24, 2.45) is 5.41 Å². The second kappa shape index (κ2) is 8.30. The fourth-order valence-electron chi connectivity index (χ4n) is 2.53. The normalized spacial score (nSPS) is 17.5. The standard InChI is InChI=1S/C16H20N2O6S/c1-11(25-13-4-2-12(3-5-13)18(22)23)14(19)17-10-16(15(20)21)6-8-24-9-7-16/h2-5,11H,6-10H2,1H3,(H,17,19)(H,20,21). The Morgan fingerprint density at radius 3 is 2.48 bits per heavy atom. The number of carbonyl (C=O) groups excluding carboxylic acids is 1. The van der Waals surface area contributed by atoms with Crippen molar-refractivity contribution >= 4 is 29.3 Å². The van der Waals surface area contributed by atoms with E-state index in [0.29, 0.717) is 26.1 Å². The van der Waals surface area contributed by atoms with Gasteiger partial charge in [0, 0.05) is 36.8 Å². The summed E-state index contributed by atoms with van der Waals surface area (Å²) in [6.07, 6.45) is 0.735. The lowest BCUT2D eigenvalue weighted by molar-refractivity contribution is -0.384. The Hall–Kier alpha value is -2.13. The highest BCUT2D eigenvalue weighted by molar-refractivity contribution is 8.00. The first-order valence-electron chi connectivity index (χ1n) is 7.84. The molecule has 1 aromatic rings. The summed E-state index contributed by atoms with van der Waals surface area (Å²) >= 11 is 1.26. The second-order valence-electron chi connectivity index (χ2n) is 5.93. The molecule has 1 aromatic carbocycles. The first kappa shape index (κ1) is 19.2. The smallest absolute Gasteiger partial charge is 0.311 e. The van der Waals surface area contributed by atoms with Crippen LogP contribution in [0.5, 0.6) is 0 Å². The van der Waals surface area contributed by atoms with E-state index in [2.05, 4.69) is 5.32 Å². The molecule has 1 aliphatic rings. The Morgan fingerprint density at radius 1 is 1.36 bits per heavy atom. The lowest BCUT2D eigenvalue weighted by Crippen LogP contribution is -2.47. The molecule has 0 saturated carbocycles. The van der Waals surface area contributed by atoms with Gasteiger partial charge in [0.1, 0.15) is 0 Å². The molecule has 1 saturated heterocycles. The van der Waals surface area contributed by atoms with Crippen molar-refractivity contribution < 1.29 is 24.4 Å². The second-order valence-corrected chi connectivity index (χ2v) is 7.34. The van der Waals surface area contributed by atoms with E-state index in [9.17, 15) is 24.8 Å². The zero-order valence-electron chi connectivity index (χ0n) is 13.8. The first-order valence-corrected chi connectivity index (χ1v) is 8.72. The van der Waals surface area contributed by atoms with E-state index in [4.69, 9.17) is 4.74 Å². The molecule has 1 amide bonds. The summed E-state index contributed by atoms with van der Waals surface area (Å²) in [5, 5.41) is 22.4. The number of rotatable bonds is 7. The highest BCUT2D eigenvalue weighted by Crippen LogP contribution is 2.31. The first-order chi connectivity index (χ1) is 11.8. The fourth-order valence-corrected chi connectivity index (χ4v) is 3.42. The van der Waals surface area contributed by atoms with Gasteiger partial charge in [0.25, 0.3) is 5.69 Å². The molecule has 8 nitrogen and oxygen atoms in total. The van der Waals surface area contributed by atoms with Crippen LogP contribution >= 0.6 is 11.8 Å². The third-order valence-electron chi connectivity index (χ3n) is 4.23. The molecule has 136 valence electrons. The summed E-state index contributed by atoms with van der Waals surface area (Å²) in [6, 6.07) is 5.94. The Morgan fingerprint density at radius 2 is 1.96 bits per heavy atom. The van der Waals surface area contributed by atoms with Crippen molar-refractivity contribution in [3.05, 3.63) is 34.4 Å². The Balaban J connectivity index is 1.91. The molecule has 0 spiro atoms. The molecule has 1 aliphatic heterocycles. The number of aliphatic carboxylic acids is 1. The highest BCUT2D eigenvalue weighted by atomic mass is 32.2. The number of thioether (sulfide) groups is 1. The van der Waals surface area contributed by atoms with Crippen molar-refractivity contribution in [1.82, 2.24) is 5.32 Å². The monoisotopic (exact) mass is 368 g/mol. The predicted molar refractivity (Wildman–Crippen MR) is 91.5 cm³/mol. The minimum atomic E-state index is -0.981. The minimum Gasteiger partial charge on any atom is -0.481 e. The van der Waals surface area contributed by atoms with E-state index in [-0.39, 0.29) is 18.1 Å². The molecule has 2 rings (SSSR count). The molecule has 2 N–H and O–H groups in total. The van der Waals surface area contributed by atoms with Crippen molar-refractivity contribution in [2.75, 3.05) is 19.8 Å². The maximum Gasteiger partial charge on any atom is 0.311 e. The zero-order chi connectivity index (χ0) is 18.4. The van der Waals surface area contributed by atoms with Crippen LogP contribution in [0, 0.1) is 15.5 Å². The SMILES string of the molecule is CC(Sc1ccc([N+](=O)[O-])cc1)C(=O)NCC1(C(=O)O)CCOCC1. The number of ether oxygens (including phenoxy) is 1. The van der Waals surface area contributed by atoms with Crippen molar-refractivity contribution in [1.29, 1.82) is 0 Å². The number of carbonyl (C=O) groups is 2. The highest BCUT2D eigenvalue weighted by Gasteiger charge is 2.40. The largest absolute Gasteiger partial charge is 0.481 e. The number of amides is 1. The molecule has 1 heterocycles. The average Bonchev–Trinajstić information content (AvgIpc) is 2.60. The van der Waals surface area contributed by atoms with E-state index < -0.39 is 21.6 Å². The summed E-state index contributed by atoms with van der Waals surface area (Å²) in [5.74, 6) is -1.19. The van der Waals surface area contributed by atoms with Gasteiger partial charge in [0.15, 0.2) is 0 Å². The summed E-state index contributed by atoms with van der Waals surface area (Å²) in [4.78, 5) is 34.7. The maximum absolute atomic E-state index is 12.3. The number of non-ortho nitro benzene ring substituents is 1. The number of carboxylic acid groups (broad SMARTS) is 1. The average molecular weight is 368 g/mol. The van der Waals surface area contributed by atoms with Crippen LogP contribution in [0.3, 0.4) is 0 Å². The van der Waals surface area contributed by atoms with Crippen LogP contribution in [0.15, 0.2) is 29.2 Å². The van der Waals surface area contributed by atoms with E-state index >= 15 is 0 Å². The number of nitro groups is 1. The van der Waals surface area contributed by atoms with Crippen molar-refractivity contribution in [2.45, 2.75) is 29.9 Å². The van der Waals surface area contributed by atoms with Gasteiger partial charge in [0.05, 0.1) is 15.6 Å². The number of hydrogen-bond acceptors (Lipinski definition) is 6. The van der Waals surface area contributed by atoms with Gasteiger partial charge in [-0.3, -0.25) is 19.7 Å². The number of nitrogens with zero attached hydrogens (tertiary/aromatic N) is 1. The summed E-state index contributed by atoms with van der Waals surface area (Å²) in [7, 11) is 0. The molecule has 25 heavy (non-hydrogen) atoms. The molecule has 0 aromatic heterocycles. The Bertz CT molecular complexity index is 643. The van der Waals surface area contributed by atoms with Gasteiger partial charge in [0.2, 0.25) is 5.91 Å². The van der Waals surface area contributed by atoms with Crippen LogP contribution in [0.1, 0.15) is 19.8 Å². The number of nitro benzene ring substituents is 1. The van der Waals surface area contributed by atoms with Gasteiger partial charge in [-0.15, -0.1) is 11.8 Å². The topological polar surface area (TPSA) is 119 Å². The third-order valence-corrected chi connectivity index (χ3v) is 5.35. The Kier molecular flexibility index (Phi) is 6.38. The molecule has 1 atom stereocenters. The molecular formula is C16H20N2O6S. The van der Waals surface area contributed by atoms with E-state index in [1.807, 2.05) is 0 Å². The Labute approximate surface area is 149 Å². The molecule has 1 unspecified atom stereocenters. The van der Waals surface area contributed by atoms with Crippen LogP contribution in [-0.2, 0) is 14.3 Å². The predicted octanol–water partition coefficient (Wildman–Crippen LogP) is 2.07. The molecule has 1 fully saturated rings. The molecular weight excluding hydrogens is 348 g/mol. The van der Waals surface area contributed by atoms with Crippen LogP contribution in [-0.4, -0.2) is 46.9 Å². The van der Waals surface area contributed by atoms with Crippen LogP contribution in [0.4, 0.5) is 5.69 Å². The molecule has 0 radical (unpaired) electrons. The van der Waals surface area contributed by atoms with Gasteiger partial charge in [-0.25, -0.2) is 0 Å². The molecule has 0 bridgehead atoms. The zero-order valence-corrected chi connectivity index (χ0v) is 14.6. The summed E-state index contributed by atoms with van der Waals surface area (Å²) in [5.41, 5.74) is -0.990. The van der Waals surface area contributed by atoms with Crippen molar-refractivity contribution in [3.63, 3.8) is 0 Å². The van der Waals surface area contributed by atoms with E-state index in [1.165, 1.54) is 23.9 Å². The number of carboxylic acids is 1. The van der Waals surface area contributed by atoms with Gasteiger partial charge in [-0.05, 0) is 31.9 Å². The fraction of sp³-hybridized carbons (Fsp3) is 0.500. The summed E-state index contributed by atoms with van der Waals surface area (Å²) in [6.45, 7) is 2.51. The van der Waals surface area contributed by atoms with E-state index in [1.54, 1.807) is 19.1 Å². The van der Waals surface area contributed by atoms with Crippen LogP contribution in [0.2, 0.25) is 0 Å². The van der Waals surface area contributed by atoms with Gasteiger partial charge in [-0.1, -0.05) is 0 Å². The van der Waals surface area contributed by atoms with Crippen LogP contribution in [0.25, 0.3) is 0 Å². The number of nitrogens with one attached hydrogen (secondary N) is 1. The molecule has 0 aliphatic carbocycles. The number of benzene rings is 1. The van der Waals surface area contributed by atoms with Gasteiger partial charge >= 0.3 is 5.97 Å². The minimum absolute atomic E-state index is 0.00984. The lowest BCUT2D eigenvalue weighted by Gasteiger charge is -2.33. The third kappa shape index (κ3) is 4.93.